The van der Waals surface area contributed by atoms with Gasteiger partial charge < -0.3 is 0 Å². The Morgan fingerprint density at radius 3 is 2.24 bits per heavy atom. The molecule has 0 aromatic heterocycles. The van der Waals surface area contributed by atoms with Gasteiger partial charge in [-0.2, -0.15) is 4.31 Å². The van der Waals surface area contributed by atoms with Crippen LogP contribution in [-0.2, 0) is 23.0 Å². The lowest BCUT2D eigenvalue weighted by molar-refractivity contribution is 0.466. The minimum absolute atomic E-state index is 0.211. The molecular weight excluding hydrogens is 306 g/mol. The molecule has 0 amide bonds. The van der Waals surface area contributed by atoms with Crippen LogP contribution in [0.1, 0.15) is 18.1 Å². The molecule has 0 saturated heterocycles. The highest BCUT2D eigenvalue weighted by Crippen LogP contribution is 2.20. The number of aryl methyl sites for hydroxylation is 1. The summed E-state index contributed by atoms with van der Waals surface area (Å²) in [5, 5.41) is 0.414. The van der Waals surface area contributed by atoms with Crippen molar-refractivity contribution in [1.82, 2.24) is 4.31 Å². The third-order valence-corrected chi connectivity index (χ3v) is 5.38. The van der Waals surface area contributed by atoms with E-state index in [1.165, 1.54) is 15.9 Å². The van der Waals surface area contributed by atoms with Gasteiger partial charge in [0.05, 0.1) is 4.90 Å². The summed E-state index contributed by atoms with van der Waals surface area (Å²) >= 11 is 5.87. The van der Waals surface area contributed by atoms with Crippen molar-refractivity contribution in [2.24, 2.45) is 0 Å². The van der Waals surface area contributed by atoms with Crippen molar-refractivity contribution >= 4 is 21.6 Å². The summed E-state index contributed by atoms with van der Waals surface area (Å²) < 4.78 is 26.3. The summed E-state index contributed by atoms with van der Waals surface area (Å²) in [5.41, 5.74) is 2.19. The zero-order chi connectivity index (χ0) is 15.5. The Labute approximate surface area is 131 Å². The second-order valence-electron chi connectivity index (χ2n) is 4.89. The smallest absolute Gasteiger partial charge is 0.207 e. The van der Waals surface area contributed by atoms with Crippen LogP contribution in [0, 0.1) is 0 Å². The standard InChI is InChI=1S/C16H18ClNO2S/c1-3-13-7-9-14(10-8-13)12-18(2)21(19,20)16-6-4-5-15(17)11-16/h4-11H,3,12H2,1-2H3. The van der Waals surface area contributed by atoms with E-state index in [1.807, 2.05) is 24.3 Å². The summed E-state index contributed by atoms with van der Waals surface area (Å²) in [5.74, 6) is 0. The molecule has 0 heterocycles. The summed E-state index contributed by atoms with van der Waals surface area (Å²) in [6.07, 6.45) is 0.969. The van der Waals surface area contributed by atoms with Crippen molar-refractivity contribution < 1.29 is 8.42 Å². The number of hydrogen-bond acceptors (Lipinski definition) is 2. The van der Waals surface area contributed by atoms with Crippen molar-refractivity contribution in [2.75, 3.05) is 7.05 Å². The Hall–Kier alpha value is -1.36. The predicted molar refractivity (Wildman–Crippen MR) is 85.9 cm³/mol. The van der Waals surface area contributed by atoms with Crippen molar-refractivity contribution in [3.8, 4) is 0 Å². The van der Waals surface area contributed by atoms with Crippen LogP contribution in [-0.4, -0.2) is 19.8 Å². The van der Waals surface area contributed by atoms with Gasteiger partial charge in [0, 0.05) is 18.6 Å². The van der Waals surface area contributed by atoms with Gasteiger partial charge in [0.2, 0.25) is 10.0 Å². The van der Waals surface area contributed by atoms with E-state index in [9.17, 15) is 8.42 Å². The molecule has 0 saturated carbocycles. The maximum Gasteiger partial charge on any atom is 0.243 e. The van der Waals surface area contributed by atoms with Crippen LogP contribution in [0.15, 0.2) is 53.4 Å². The fourth-order valence-electron chi connectivity index (χ4n) is 2.03. The molecule has 21 heavy (non-hydrogen) atoms. The zero-order valence-electron chi connectivity index (χ0n) is 12.1. The van der Waals surface area contributed by atoms with E-state index in [0.29, 0.717) is 11.6 Å². The van der Waals surface area contributed by atoms with Gasteiger partial charge in [-0.05, 0) is 35.7 Å². The molecule has 0 unspecified atom stereocenters. The number of nitrogens with zero attached hydrogens (tertiary/aromatic N) is 1. The number of rotatable bonds is 5. The topological polar surface area (TPSA) is 37.4 Å². The molecule has 0 aliphatic heterocycles. The van der Waals surface area contributed by atoms with Gasteiger partial charge >= 0.3 is 0 Å². The van der Waals surface area contributed by atoms with Crippen LogP contribution in [0.5, 0.6) is 0 Å². The van der Waals surface area contributed by atoms with Crippen LogP contribution in [0.4, 0.5) is 0 Å². The van der Waals surface area contributed by atoms with Crippen LogP contribution in [0.2, 0.25) is 5.02 Å². The number of benzene rings is 2. The summed E-state index contributed by atoms with van der Waals surface area (Å²) in [7, 11) is -1.95. The summed E-state index contributed by atoms with van der Waals surface area (Å²) in [6.45, 7) is 2.42. The number of halogens is 1. The van der Waals surface area contributed by atoms with Gasteiger partial charge in [-0.15, -0.1) is 0 Å². The van der Waals surface area contributed by atoms with Crippen molar-refractivity contribution in [1.29, 1.82) is 0 Å². The van der Waals surface area contributed by atoms with E-state index in [2.05, 4.69) is 6.92 Å². The molecule has 2 aromatic rings. The molecule has 5 heteroatoms. The molecule has 0 fully saturated rings. The molecule has 0 bridgehead atoms. The largest absolute Gasteiger partial charge is 0.243 e. The van der Waals surface area contributed by atoms with E-state index in [1.54, 1.807) is 25.2 Å². The van der Waals surface area contributed by atoms with Crippen molar-refractivity contribution in [3.05, 3.63) is 64.7 Å². The Balaban J connectivity index is 2.20. The Morgan fingerprint density at radius 1 is 1.05 bits per heavy atom. The first-order valence-electron chi connectivity index (χ1n) is 6.73. The monoisotopic (exact) mass is 323 g/mol. The summed E-state index contributed by atoms with van der Waals surface area (Å²) in [6, 6.07) is 14.3. The molecule has 112 valence electrons. The fraction of sp³-hybridized carbons (Fsp3) is 0.250. The second kappa shape index (κ2) is 6.60. The highest BCUT2D eigenvalue weighted by molar-refractivity contribution is 7.89. The average Bonchev–Trinajstić information content (AvgIpc) is 2.48. The van der Waals surface area contributed by atoms with Gasteiger partial charge in [0.1, 0.15) is 0 Å². The van der Waals surface area contributed by atoms with Gasteiger partial charge in [0.25, 0.3) is 0 Å². The van der Waals surface area contributed by atoms with E-state index in [0.717, 1.165) is 12.0 Å². The lowest BCUT2D eigenvalue weighted by Gasteiger charge is -2.17. The molecule has 3 nitrogen and oxygen atoms in total. The molecule has 0 spiro atoms. The Bertz CT molecular complexity index is 711. The first-order valence-corrected chi connectivity index (χ1v) is 8.55. The fourth-order valence-corrected chi connectivity index (χ4v) is 3.49. The molecular formula is C16H18ClNO2S. The lowest BCUT2D eigenvalue weighted by Crippen LogP contribution is -2.26. The van der Waals surface area contributed by atoms with E-state index in [4.69, 9.17) is 11.6 Å². The van der Waals surface area contributed by atoms with Crippen molar-refractivity contribution in [2.45, 2.75) is 24.8 Å². The van der Waals surface area contributed by atoms with E-state index < -0.39 is 10.0 Å². The van der Waals surface area contributed by atoms with Crippen LogP contribution in [0.3, 0.4) is 0 Å². The van der Waals surface area contributed by atoms with E-state index in [-0.39, 0.29) is 4.90 Å². The van der Waals surface area contributed by atoms with Crippen LogP contribution in [0.25, 0.3) is 0 Å². The molecule has 0 atom stereocenters. The first kappa shape index (κ1) is 16.0. The number of sulfonamides is 1. The highest BCUT2D eigenvalue weighted by Gasteiger charge is 2.20. The lowest BCUT2D eigenvalue weighted by atomic mass is 10.1. The maximum absolute atomic E-state index is 12.5. The second-order valence-corrected chi connectivity index (χ2v) is 7.37. The van der Waals surface area contributed by atoms with Gasteiger partial charge in [-0.1, -0.05) is 48.9 Å². The predicted octanol–water partition coefficient (Wildman–Crippen LogP) is 3.72. The first-order chi connectivity index (χ1) is 9.93. The van der Waals surface area contributed by atoms with Crippen LogP contribution >= 0.6 is 11.6 Å². The maximum atomic E-state index is 12.5. The molecule has 0 N–H and O–H groups in total. The molecule has 2 aromatic carbocycles. The zero-order valence-corrected chi connectivity index (χ0v) is 13.7. The average molecular weight is 324 g/mol. The van der Waals surface area contributed by atoms with Gasteiger partial charge in [0.15, 0.2) is 0 Å². The van der Waals surface area contributed by atoms with Gasteiger partial charge in [-0.3, -0.25) is 0 Å². The minimum atomic E-state index is -3.53. The third kappa shape index (κ3) is 3.84. The molecule has 0 aliphatic rings. The third-order valence-electron chi connectivity index (χ3n) is 3.34. The molecule has 0 aliphatic carbocycles. The number of hydrogen-bond donors (Lipinski definition) is 0. The Morgan fingerprint density at radius 2 is 1.67 bits per heavy atom. The van der Waals surface area contributed by atoms with Crippen LogP contribution < -0.4 is 0 Å². The summed E-state index contributed by atoms with van der Waals surface area (Å²) in [4.78, 5) is 0.211. The minimum Gasteiger partial charge on any atom is -0.207 e. The van der Waals surface area contributed by atoms with E-state index >= 15 is 0 Å². The SMILES string of the molecule is CCc1ccc(CN(C)S(=O)(=O)c2cccc(Cl)c2)cc1. The molecule has 0 radical (unpaired) electrons. The van der Waals surface area contributed by atoms with Crippen molar-refractivity contribution in [3.63, 3.8) is 0 Å². The quantitative estimate of drug-likeness (QED) is 0.841. The van der Waals surface area contributed by atoms with Gasteiger partial charge in [-0.25, -0.2) is 8.42 Å². The normalized spacial score (nSPS) is 11.8. The Kier molecular flexibility index (Phi) is 5.04. The highest BCUT2D eigenvalue weighted by atomic mass is 35.5. The molecule has 2 rings (SSSR count).